The van der Waals surface area contributed by atoms with E-state index in [-0.39, 0.29) is 0 Å². The molecule has 0 aliphatic carbocycles. The van der Waals surface area contributed by atoms with Gasteiger partial charge in [-0.2, -0.15) is 0 Å². The molecule has 0 aromatic heterocycles. The molecule has 1 nitrogen and oxygen atoms in total. The number of para-hydroxylation sites is 1. The zero-order chi connectivity index (χ0) is 12.4. The fourth-order valence-electron chi connectivity index (χ4n) is 2.43. The molecule has 3 heteroatoms. The van der Waals surface area contributed by atoms with Crippen molar-refractivity contribution in [1.29, 1.82) is 0 Å². The van der Waals surface area contributed by atoms with E-state index in [4.69, 9.17) is 0 Å². The molecule has 0 unspecified atom stereocenters. The third-order valence-corrected chi connectivity index (χ3v) is 11.8. The van der Waals surface area contributed by atoms with Crippen LogP contribution in [-0.4, -0.2) is 21.4 Å². The van der Waals surface area contributed by atoms with E-state index < -0.39 is 16.1 Å². The highest BCUT2D eigenvalue weighted by molar-refractivity contribution is 6.97. The van der Waals surface area contributed by atoms with Crippen molar-refractivity contribution >= 4 is 21.8 Å². The number of hydrogen-bond acceptors (Lipinski definition) is 1. The molecule has 0 saturated carbocycles. The van der Waals surface area contributed by atoms with Crippen molar-refractivity contribution in [1.82, 2.24) is 0 Å². The summed E-state index contributed by atoms with van der Waals surface area (Å²) in [6.45, 7) is 14.8. The predicted octanol–water partition coefficient (Wildman–Crippen LogP) is 4.22. The molecule has 0 spiro atoms. The second-order valence-electron chi connectivity index (χ2n) is 6.68. The number of rotatable bonds is 4. The molecule has 0 aliphatic rings. The van der Waals surface area contributed by atoms with E-state index >= 15 is 0 Å². The van der Waals surface area contributed by atoms with Gasteiger partial charge in [0.15, 0.2) is 0 Å². The van der Waals surface area contributed by atoms with Gasteiger partial charge in [-0.05, 0) is 12.1 Å². The smallest absolute Gasteiger partial charge is 0.0663 e. The van der Waals surface area contributed by atoms with E-state index in [0.717, 1.165) is 5.29 Å². The van der Waals surface area contributed by atoms with Crippen molar-refractivity contribution in [2.75, 3.05) is 5.32 Å². The lowest BCUT2D eigenvalue weighted by atomic mass is 10.3. The lowest BCUT2D eigenvalue weighted by Crippen LogP contribution is -2.58. The zero-order valence-corrected chi connectivity index (χ0v) is 13.5. The van der Waals surface area contributed by atoms with Crippen LogP contribution in [-0.2, 0) is 0 Å². The molecule has 0 radical (unpaired) electrons. The Balaban J connectivity index is 2.89. The molecule has 1 rings (SSSR count). The normalized spacial score (nSPS) is 12.9. The molecule has 0 bridgehead atoms. The maximum Gasteiger partial charge on any atom is 0.0663 e. The molecule has 1 aromatic carbocycles. The van der Waals surface area contributed by atoms with Crippen LogP contribution in [0.2, 0.25) is 39.3 Å². The summed E-state index contributed by atoms with van der Waals surface area (Å²) in [5, 5.41) is 4.51. The molecule has 0 amide bonds. The van der Waals surface area contributed by atoms with Crippen LogP contribution < -0.4 is 5.32 Å². The molecular weight excluding hydrogens is 226 g/mol. The summed E-state index contributed by atoms with van der Waals surface area (Å²) in [5.41, 5.74) is 1.28. The number of benzene rings is 1. The van der Waals surface area contributed by atoms with Gasteiger partial charge in [0.2, 0.25) is 0 Å². The van der Waals surface area contributed by atoms with Gasteiger partial charge in [-0.25, -0.2) is 0 Å². The molecule has 1 N–H and O–H groups in total. The Morgan fingerprint density at radius 3 is 1.62 bits per heavy atom. The first-order chi connectivity index (χ1) is 7.21. The summed E-state index contributed by atoms with van der Waals surface area (Å²) < 4.78 is 0. The molecule has 0 atom stereocenters. The average molecular weight is 252 g/mol. The second-order valence-corrected chi connectivity index (χ2v) is 17.9. The standard InChI is InChI=1S/C13H25NSi2/c1-15(2,3)13(16(4,5)6)14-12-10-8-7-9-11-12/h7-11,13-14H,1-6H3. The summed E-state index contributed by atoms with van der Waals surface area (Å²) in [6.07, 6.45) is 0. The summed E-state index contributed by atoms with van der Waals surface area (Å²) >= 11 is 0. The van der Waals surface area contributed by atoms with Gasteiger partial charge >= 0.3 is 0 Å². The van der Waals surface area contributed by atoms with Crippen LogP contribution >= 0.6 is 0 Å². The van der Waals surface area contributed by atoms with Gasteiger partial charge < -0.3 is 5.32 Å². The Hall–Kier alpha value is -0.546. The third-order valence-electron chi connectivity index (χ3n) is 2.82. The first-order valence-electron chi connectivity index (χ1n) is 6.03. The Bertz CT molecular complexity index is 308. The summed E-state index contributed by atoms with van der Waals surface area (Å²) in [4.78, 5) is 0. The number of hydrogen-bond donors (Lipinski definition) is 1. The summed E-state index contributed by atoms with van der Waals surface area (Å²) in [5.74, 6) is 0. The van der Waals surface area contributed by atoms with Gasteiger partial charge in [0.1, 0.15) is 0 Å². The van der Waals surface area contributed by atoms with Crippen LogP contribution in [0.4, 0.5) is 5.69 Å². The lowest BCUT2D eigenvalue weighted by molar-refractivity contribution is 1.20. The summed E-state index contributed by atoms with van der Waals surface area (Å²) in [7, 11) is -2.31. The number of nitrogens with one attached hydrogen (secondary N) is 1. The first-order valence-corrected chi connectivity index (χ1v) is 13.2. The van der Waals surface area contributed by atoms with E-state index in [2.05, 4.69) is 74.9 Å². The van der Waals surface area contributed by atoms with Gasteiger partial charge in [0.25, 0.3) is 0 Å². The van der Waals surface area contributed by atoms with Gasteiger partial charge in [0, 0.05) is 11.0 Å². The van der Waals surface area contributed by atoms with Gasteiger partial charge in [-0.1, -0.05) is 57.5 Å². The van der Waals surface area contributed by atoms with Crippen molar-refractivity contribution in [3.8, 4) is 0 Å². The van der Waals surface area contributed by atoms with Crippen LogP contribution in [0, 0.1) is 0 Å². The van der Waals surface area contributed by atoms with Crippen molar-refractivity contribution in [2.24, 2.45) is 0 Å². The molecule has 1 aromatic rings. The maximum atomic E-state index is 3.78. The van der Waals surface area contributed by atoms with Crippen LogP contribution in [0.15, 0.2) is 30.3 Å². The molecule has 0 saturated heterocycles. The highest BCUT2D eigenvalue weighted by Crippen LogP contribution is 2.23. The quantitative estimate of drug-likeness (QED) is 0.790. The van der Waals surface area contributed by atoms with Gasteiger partial charge in [-0.3, -0.25) is 0 Å². The topological polar surface area (TPSA) is 12.0 Å². The van der Waals surface area contributed by atoms with Crippen molar-refractivity contribution in [3.63, 3.8) is 0 Å². The fraction of sp³-hybridized carbons (Fsp3) is 0.538. The maximum absolute atomic E-state index is 3.78. The minimum absolute atomic E-state index is 0.724. The van der Waals surface area contributed by atoms with E-state index in [1.165, 1.54) is 5.69 Å². The first kappa shape index (κ1) is 13.5. The van der Waals surface area contributed by atoms with Gasteiger partial charge in [-0.15, -0.1) is 0 Å². The average Bonchev–Trinajstić information content (AvgIpc) is 2.12. The van der Waals surface area contributed by atoms with E-state index in [0.29, 0.717) is 0 Å². The second kappa shape index (κ2) is 4.76. The largest absolute Gasteiger partial charge is 0.388 e. The van der Waals surface area contributed by atoms with Crippen LogP contribution in [0.3, 0.4) is 0 Å². The van der Waals surface area contributed by atoms with Crippen LogP contribution in [0.25, 0.3) is 0 Å². The molecule has 16 heavy (non-hydrogen) atoms. The predicted molar refractivity (Wildman–Crippen MR) is 80.5 cm³/mol. The number of anilines is 1. The van der Waals surface area contributed by atoms with Gasteiger partial charge in [0.05, 0.1) is 16.1 Å². The molecule has 0 fully saturated rings. The highest BCUT2D eigenvalue weighted by atomic mass is 28.4. The van der Waals surface area contributed by atoms with E-state index in [1.54, 1.807) is 0 Å². The molecule has 0 heterocycles. The highest BCUT2D eigenvalue weighted by Gasteiger charge is 2.37. The monoisotopic (exact) mass is 251 g/mol. The molecular formula is C13H25NSi2. The van der Waals surface area contributed by atoms with Crippen LogP contribution in [0.1, 0.15) is 0 Å². The minimum atomic E-state index is -1.15. The van der Waals surface area contributed by atoms with E-state index in [1.807, 2.05) is 0 Å². The lowest BCUT2D eigenvalue weighted by Gasteiger charge is -2.39. The Morgan fingerprint density at radius 2 is 1.25 bits per heavy atom. The Labute approximate surface area is 102 Å². The van der Waals surface area contributed by atoms with Crippen molar-refractivity contribution < 1.29 is 0 Å². The van der Waals surface area contributed by atoms with Crippen molar-refractivity contribution in [2.45, 2.75) is 44.6 Å². The third kappa shape index (κ3) is 3.79. The van der Waals surface area contributed by atoms with Crippen molar-refractivity contribution in [3.05, 3.63) is 30.3 Å². The Morgan fingerprint density at radius 1 is 0.812 bits per heavy atom. The molecule has 90 valence electrons. The summed E-state index contributed by atoms with van der Waals surface area (Å²) in [6, 6.07) is 10.6. The van der Waals surface area contributed by atoms with E-state index in [9.17, 15) is 0 Å². The minimum Gasteiger partial charge on any atom is -0.388 e. The molecule has 0 aliphatic heterocycles. The zero-order valence-electron chi connectivity index (χ0n) is 11.5. The SMILES string of the molecule is C[Si](C)(C)C(Nc1ccccc1)[Si](C)(C)C. The fourth-order valence-corrected chi connectivity index (χ4v) is 14.0. The van der Waals surface area contributed by atoms with Crippen LogP contribution in [0.5, 0.6) is 0 Å². The Kier molecular flexibility index (Phi) is 4.02.